The van der Waals surface area contributed by atoms with Crippen molar-refractivity contribution in [2.45, 2.75) is 0 Å². The quantitative estimate of drug-likeness (QED) is 0.479. The van der Waals surface area contributed by atoms with Crippen LogP contribution in [0.5, 0.6) is 0 Å². The SMILES string of the molecule is O=C(c1cc(-c2ccc(Cl)s2)nc2ccccc12)N1CCN(c2cccc[nH+]2)CC1. The van der Waals surface area contributed by atoms with Crippen molar-refractivity contribution in [1.82, 2.24) is 9.88 Å². The summed E-state index contributed by atoms with van der Waals surface area (Å²) < 4.78 is 0.710. The molecule has 1 N–H and O–H groups in total. The van der Waals surface area contributed by atoms with Crippen molar-refractivity contribution in [1.29, 1.82) is 0 Å². The van der Waals surface area contributed by atoms with Gasteiger partial charge in [0.1, 0.15) is 13.1 Å². The molecule has 150 valence electrons. The summed E-state index contributed by atoms with van der Waals surface area (Å²) in [6, 6.07) is 19.6. The van der Waals surface area contributed by atoms with Crippen molar-refractivity contribution < 1.29 is 9.78 Å². The first-order valence-corrected chi connectivity index (χ1v) is 11.0. The molecule has 1 amide bonds. The van der Waals surface area contributed by atoms with Crippen molar-refractivity contribution in [2.75, 3.05) is 31.1 Å². The number of anilines is 1. The number of fused-ring (bicyclic) bond motifs is 1. The van der Waals surface area contributed by atoms with Gasteiger partial charge in [-0.05, 0) is 30.3 Å². The van der Waals surface area contributed by atoms with E-state index in [1.807, 2.05) is 65.7 Å². The van der Waals surface area contributed by atoms with E-state index >= 15 is 0 Å². The zero-order chi connectivity index (χ0) is 20.5. The smallest absolute Gasteiger partial charge is 0.274 e. The van der Waals surface area contributed by atoms with Crippen LogP contribution in [0.4, 0.5) is 5.82 Å². The Balaban J connectivity index is 1.45. The molecule has 1 aliphatic heterocycles. The minimum absolute atomic E-state index is 0.0502. The van der Waals surface area contributed by atoms with E-state index < -0.39 is 0 Å². The lowest BCUT2D eigenvalue weighted by Gasteiger charge is -2.31. The number of para-hydroxylation sites is 1. The van der Waals surface area contributed by atoms with E-state index in [-0.39, 0.29) is 5.91 Å². The highest BCUT2D eigenvalue weighted by Crippen LogP contribution is 2.32. The third-order valence-corrected chi connectivity index (χ3v) is 6.63. The molecular formula is C23H20ClN4OS+. The molecular weight excluding hydrogens is 416 g/mol. The number of thiophene rings is 1. The predicted octanol–water partition coefficient (Wildman–Crippen LogP) is 4.39. The Bertz CT molecular complexity index is 1200. The lowest BCUT2D eigenvalue weighted by atomic mass is 10.1. The van der Waals surface area contributed by atoms with Gasteiger partial charge in [0, 0.05) is 11.5 Å². The minimum Gasteiger partial charge on any atom is -0.331 e. The summed E-state index contributed by atoms with van der Waals surface area (Å²) in [7, 11) is 0. The Morgan fingerprint density at radius 3 is 2.53 bits per heavy atom. The average Bonchev–Trinajstić information content (AvgIpc) is 3.25. The van der Waals surface area contributed by atoms with E-state index in [4.69, 9.17) is 16.6 Å². The lowest BCUT2D eigenvalue weighted by molar-refractivity contribution is -0.364. The number of carbonyl (C=O) groups excluding carboxylic acids is 1. The zero-order valence-electron chi connectivity index (χ0n) is 16.2. The number of H-pyrrole nitrogens is 1. The van der Waals surface area contributed by atoms with E-state index in [0.29, 0.717) is 23.0 Å². The fraction of sp³-hybridized carbons (Fsp3) is 0.174. The highest BCUT2D eigenvalue weighted by Gasteiger charge is 2.28. The summed E-state index contributed by atoms with van der Waals surface area (Å²) in [6.45, 7) is 2.95. The van der Waals surface area contributed by atoms with Crippen LogP contribution < -0.4 is 9.88 Å². The molecule has 0 radical (unpaired) electrons. The predicted molar refractivity (Wildman–Crippen MR) is 121 cm³/mol. The Labute approximate surface area is 183 Å². The van der Waals surface area contributed by atoms with Crippen LogP contribution in [-0.2, 0) is 0 Å². The summed E-state index contributed by atoms with van der Waals surface area (Å²) in [6.07, 6.45) is 1.92. The molecule has 5 rings (SSSR count). The first-order valence-electron chi connectivity index (χ1n) is 9.85. The van der Waals surface area contributed by atoms with Gasteiger partial charge >= 0.3 is 0 Å². The molecule has 4 heterocycles. The van der Waals surface area contributed by atoms with Crippen molar-refractivity contribution in [2.24, 2.45) is 0 Å². The van der Waals surface area contributed by atoms with Crippen molar-refractivity contribution in [3.8, 4) is 10.6 Å². The number of piperazine rings is 1. The van der Waals surface area contributed by atoms with Crippen LogP contribution in [-0.4, -0.2) is 42.0 Å². The summed E-state index contributed by atoms with van der Waals surface area (Å²) >= 11 is 7.60. The molecule has 0 spiro atoms. The van der Waals surface area contributed by atoms with Crippen LogP contribution in [0, 0.1) is 0 Å². The normalized spacial score (nSPS) is 14.3. The number of nitrogens with zero attached hydrogens (tertiary/aromatic N) is 3. The van der Waals surface area contributed by atoms with Crippen LogP contribution in [0.25, 0.3) is 21.5 Å². The number of nitrogens with one attached hydrogen (secondary N) is 1. The molecule has 1 aliphatic rings. The second kappa shape index (κ2) is 8.05. The molecule has 7 heteroatoms. The lowest BCUT2D eigenvalue weighted by Crippen LogP contribution is -2.50. The molecule has 1 saturated heterocycles. The van der Waals surface area contributed by atoms with Gasteiger partial charge in [0.05, 0.1) is 45.3 Å². The number of amides is 1. The number of hydrogen-bond acceptors (Lipinski definition) is 4. The van der Waals surface area contributed by atoms with Crippen LogP contribution in [0.15, 0.2) is 66.9 Å². The highest BCUT2D eigenvalue weighted by atomic mass is 35.5. The molecule has 0 aliphatic carbocycles. The first kappa shape index (κ1) is 19.0. The number of carbonyl (C=O) groups is 1. The molecule has 1 fully saturated rings. The summed E-state index contributed by atoms with van der Waals surface area (Å²) in [5.41, 5.74) is 2.30. The van der Waals surface area contributed by atoms with E-state index in [2.05, 4.69) is 16.0 Å². The Morgan fingerprint density at radius 1 is 1.00 bits per heavy atom. The number of benzene rings is 1. The average molecular weight is 436 g/mol. The fourth-order valence-electron chi connectivity index (χ4n) is 3.83. The van der Waals surface area contributed by atoms with Gasteiger partial charge in [-0.3, -0.25) is 9.69 Å². The number of pyridine rings is 2. The zero-order valence-corrected chi connectivity index (χ0v) is 17.8. The Hall–Kier alpha value is -2.96. The molecule has 0 atom stereocenters. The van der Waals surface area contributed by atoms with Gasteiger partial charge in [0.25, 0.3) is 11.7 Å². The van der Waals surface area contributed by atoms with E-state index in [9.17, 15) is 4.79 Å². The van der Waals surface area contributed by atoms with Crippen LogP contribution in [0.1, 0.15) is 10.4 Å². The fourth-order valence-corrected chi connectivity index (χ4v) is 4.84. The molecule has 0 saturated carbocycles. The molecule has 0 bridgehead atoms. The van der Waals surface area contributed by atoms with Crippen LogP contribution in [0.2, 0.25) is 4.34 Å². The topological polar surface area (TPSA) is 50.6 Å². The Morgan fingerprint density at radius 2 is 1.80 bits per heavy atom. The highest BCUT2D eigenvalue weighted by molar-refractivity contribution is 7.19. The Kier molecular flexibility index (Phi) is 5.11. The number of aromatic nitrogens is 2. The van der Waals surface area contributed by atoms with Gasteiger partial charge < -0.3 is 4.90 Å². The molecule has 1 aromatic carbocycles. The molecule has 4 aromatic rings. The molecule has 5 nitrogen and oxygen atoms in total. The number of hydrogen-bond donors (Lipinski definition) is 0. The van der Waals surface area contributed by atoms with E-state index in [1.54, 1.807) is 0 Å². The maximum atomic E-state index is 13.5. The van der Waals surface area contributed by atoms with Gasteiger partial charge in [-0.2, -0.15) is 0 Å². The largest absolute Gasteiger partial charge is 0.331 e. The number of halogens is 1. The molecule has 0 unspecified atom stereocenters. The van der Waals surface area contributed by atoms with Crippen LogP contribution >= 0.6 is 22.9 Å². The number of aromatic amines is 1. The standard InChI is InChI=1S/C23H19ClN4OS/c24-21-9-8-20(30-21)19-15-17(16-5-1-2-6-18(16)26-19)23(29)28-13-11-27(12-14-28)22-7-3-4-10-25-22/h1-10,15H,11-14H2/p+1. The minimum atomic E-state index is 0.0502. The van der Waals surface area contributed by atoms with Crippen molar-refractivity contribution >= 4 is 45.6 Å². The molecule has 3 aromatic heterocycles. The van der Waals surface area contributed by atoms with Gasteiger partial charge in [-0.1, -0.05) is 35.9 Å². The van der Waals surface area contributed by atoms with E-state index in [1.165, 1.54) is 11.3 Å². The maximum absolute atomic E-state index is 13.5. The van der Waals surface area contributed by atoms with Gasteiger partial charge in [0.15, 0.2) is 0 Å². The second-order valence-electron chi connectivity index (χ2n) is 7.20. The third-order valence-electron chi connectivity index (χ3n) is 5.37. The van der Waals surface area contributed by atoms with E-state index in [0.717, 1.165) is 40.4 Å². The van der Waals surface area contributed by atoms with Gasteiger partial charge in [-0.15, -0.1) is 11.3 Å². The van der Waals surface area contributed by atoms with Gasteiger partial charge in [-0.25, -0.2) is 9.97 Å². The van der Waals surface area contributed by atoms with Gasteiger partial charge in [0.2, 0.25) is 0 Å². The number of rotatable bonds is 3. The summed E-state index contributed by atoms with van der Waals surface area (Å²) in [5.74, 6) is 1.13. The second-order valence-corrected chi connectivity index (χ2v) is 8.92. The monoisotopic (exact) mass is 435 g/mol. The maximum Gasteiger partial charge on any atom is 0.274 e. The molecule has 30 heavy (non-hydrogen) atoms. The summed E-state index contributed by atoms with van der Waals surface area (Å²) in [5, 5.41) is 0.882. The van der Waals surface area contributed by atoms with Crippen molar-refractivity contribution in [3.05, 3.63) is 76.8 Å². The van der Waals surface area contributed by atoms with Crippen molar-refractivity contribution in [3.63, 3.8) is 0 Å². The third kappa shape index (κ3) is 3.64. The first-order chi connectivity index (χ1) is 14.7. The van der Waals surface area contributed by atoms with Crippen LogP contribution in [0.3, 0.4) is 0 Å². The summed E-state index contributed by atoms with van der Waals surface area (Å²) in [4.78, 5) is 26.7.